The maximum absolute atomic E-state index is 13.5. The molecule has 1 aromatic rings. The van der Waals surface area contributed by atoms with E-state index in [1.165, 1.54) is 19.1 Å². The lowest BCUT2D eigenvalue weighted by atomic mass is 10.0. The lowest BCUT2D eigenvalue weighted by molar-refractivity contribution is 0.0719. The minimum atomic E-state index is -1.18. The monoisotopic (exact) mass is 305 g/mol. The van der Waals surface area contributed by atoms with Crippen molar-refractivity contribution < 1.29 is 19.4 Å². The molecule has 0 aliphatic carbocycles. The van der Waals surface area contributed by atoms with Crippen molar-refractivity contribution in [3.63, 3.8) is 0 Å². The van der Waals surface area contributed by atoms with Gasteiger partial charge in [-0.3, -0.25) is 4.79 Å². The van der Waals surface area contributed by atoms with E-state index in [0.717, 1.165) is 6.07 Å². The van der Waals surface area contributed by atoms with E-state index in [9.17, 15) is 9.18 Å². The molecule has 0 atom stereocenters. The Labute approximate surface area is 107 Å². The average Bonchev–Trinajstić information content (AvgIpc) is 2.28. The first-order valence-electron chi connectivity index (χ1n) is 4.92. The van der Waals surface area contributed by atoms with Gasteiger partial charge in [-0.15, -0.1) is 0 Å². The average molecular weight is 306 g/mol. The third-order valence-electron chi connectivity index (χ3n) is 2.30. The van der Waals surface area contributed by atoms with E-state index >= 15 is 0 Å². The first kappa shape index (κ1) is 14.1. The molecule has 0 fully saturated rings. The first-order valence-corrected chi connectivity index (χ1v) is 5.71. The van der Waals surface area contributed by atoms with Crippen molar-refractivity contribution in [3.05, 3.63) is 34.1 Å². The minimum Gasteiger partial charge on any atom is -0.394 e. The van der Waals surface area contributed by atoms with Gasteiger partial charge in [0.15, 0.2) is 0 Å². The summed E-state index contributed by atoms with van der Waals surface area (Å²) < 4.78 is 13.8. The van der Waals surface area contributed by atoms with Gasteiger partial charge in [0.1, 0.15) is 5.82 Å². The highest BCUT2D eigenvalue weighted by Crippen LogP contribution is 2.20. The number of aliphatic hydroxyl groups excluding tert-OH is 2. The maximum Gasteiger partial charge on any atom is 0.255 e. The van der Waals surface area contributed by atoms with Gasteiger partial charge in [0.25, 0.3) is 5.91 Å². The molecule has 0 spiro atoms. The summed E-state index contributed by atoms with van der Waals surface area (Å²) >= 11 is 3.07. The van der Waals surface area contributed by atoms with Crippen LogP contribution in [0.5, 0.6) is 0 Å². The van der Waals surface area contributed by atoms with Crippen LogP contribution in [-0.4, -0.2) is 34.9 Å². The smallest absolute Gasteiger partial charge is 0.255 e. The molecule has 0 unspecified atom stereocenters. The Balaban J connectivity index is 2.98. The number of hydrogen-bond acceptors (Lipinski definition) is 3. The number of benzene rings is 1. The molecule has 0 aromatic heterocycles. The zero-order valence-corrected chi connectivity index (χ0v) is 10.8. The van der Waals surface area contributed by atoms with Crippen LogP contribution in [0.4, 0.5) is 4.39 Å². The van der Waals surface area contributed by atoms with Gasteiger partial charge >= 0.3 is 0 Å². The quantitative estimate of drug-likeness (QED) is 0.779. The standard InChI is InChI=1S/C11H13BrFNO3/c1-11(5-15,6-16)14-10(17)9-7(12)3-2-4-8(9)13/h2-4,15-16H,5-6H2,1H3,(H,14,17). The zero-order chi connectivity index (χ0) is 13.1. The van der Waals surface area contributed by atoms with Crippen molar-refractivity contribution in [3.8, 4) is 0 Å². The van der Waals surface area contributed by atoms with E-state index in [0.29, 0.717) is 4.47 Å². The second-order valence-electron chi connectivity index (χ2n) is 3.93. The normalized spacial score (nSPS) is 11.4. The van der Waals surface area contributed by atoms with Crippen molar-refractivity contribution in [1.29, 1.82) is 0 Å². The lowest BCUT2D eigenvalue weighted by Crippen LogP contribution is -2.52. The van der Waals surface area contributed by atoms with Crippen LogP contribution >= 0.6 is 15.9 Å². The van der Waals surface area contributed by atoms with Gasteiger partial charge in [-0.25, -0.2) is 4.39 Å². The van der Waals surface area contributed by atoms with Gasteiger partial charge in [0, 0.05) is 4.47 Å². The second kappa shape index (κ2) is 5.57. The molecule has 3 N–H and O–H groups in total. The van der Waals surface area contributed by atoms with Crippen molar-refractivity contribution in [2.75, 3.05) is 13.2 Å². The number of rotatable bonds is 4. The highest BCUT2D eigenvalue weighted by atomic mass is 79.9. The highest BCUT2D eigenvalue weighted by molar-refractivity contribution is 9.10. The molecule has 0 bridgehead atoms. The van der Waals surface area contributed by atoms with Crippen LogP contribution in [0.2, 0.25) is 0 Å². The summed E-state index contributed by atoms with van der Waals surface area (Å²) in [5, 5.41) is 20.5. The van der Waals surface area contributed by atoms with Gasteiger partial charge in [-0.05, 0) is 35.0 Å². The molecule has 94 valence electrons. The largest absolute Gasteiger partial charge is 0.394 e. The molecule has 0 heterocycles. The molecule has 6 heteroatoms. The fraction of sp³-hybridized carbons (Fsp3) is 0.364. The van der Waals surface area contributed by atoms with Crippen LogP contribution in [0.25, 0.3) is 0 Å². The molecule has 0 aliphatic heterocycles. The van der Waals surface area contributed by atoms with Crippen LogP contribution in [0.15, 0.2) is 22.7 Å². The summed E-state index contributed by atoms with van der Waals surface area (Å²) in [5.74, 6) is -1.37. The number of halogens is 2. The Morgan fingerprint density at radius 2 is 2.06 bits per heavy atom. The van der Waals surface area contributed by atoms with Gasteiger partial charge in [-0.2, -0.15) is 0 Å². The van der Waals surface area contributed by atoms with Crippen molar-refractivity contribution in [1.82, 2.24) is 5.32 Å². The molecule has 17 heavy (non-hydrogen) atoms. The topological polar surface area (TPSA) is 69.6 Å². The number of hydrogen-bond donors (Lipinski definition) is 3. The fourth-order valence-electron chi connectivity index (χ4n) is 1.18. The Morgan fingerprint density at radius 1 is 1.47 bits per heavy atom. The van der Waals surface area contributed by atoms with E-state index < -0.39 is 30.5 Å². The molecular weight excluding hydrogens is 293 g/mol. The predicted molar refractivity (Wildman–Crippen MR) is 64.1 cm³/mol. The van der Waals surface area contributed by atoms with E-state index in [2.05, 4.69) is 21.2 Å². The summed E-state index contributed by atoms with van der Waals surface area (Å²) in [6.07, 6.45) is 0. The summed E-state index contributed by atoms with van der Waals surface area (Å²) in [6.45, 7) is 0.572. The Kier molecular flexibility index (Phi) is 4.62. The zero-order valence-electron chi connectivity index (χ0n) is 9.20. The van der Waals surface area contributed by atoms with Crippen molar-refractivity contribution >= 4 is 21.8 Å². The summed E-state index contributed by atoms with van der Waals surface area (Å²) in [5.41, 5.74) is -1.33. The summed E-state index contributed by atoms with van der Waals surface area (Å²) in [4.78, 5) is 11.8. The molecule has 0 saturated carbocycles. The Morgan fingerprint density at radius 3 is 2.53 bits per heavy atom. The first-order chi connectivity index (χ1) is 7.93. The third-order valence-corrected chi connectivity index (χ3v) is 2.96. The maximum atomic E-state index is 13.5. The highest BCUT2D eigenvalue weighted by Gasteiger charge is 2.27. The molecule has 0 radical (unpaired) electrons. The minimum absolute atomic E-state index is 0.152. The number of nitrogens with one attached hydrogen (secondary N) is 1. The van der Waals surface area contributed by atoms with Crippen LogP contribution < -0.4 is 5.32 Å². The van der Waals surface area contributed by atoms with Crippen LogP contribution in [0.3, 0.4) is 0 Å². The van der Waals surface area contributed by atoms with Crippen LogP contribution in [-0.2, 0) is 0 Å². The number of aliphatic hydroxyl groups is 2. The summed E-state index contributed by atoms with van der Waals surface area (Å²) in [6, 6.07) is 4.16. The fourth-order valence-corrected chi connectivity index (χ4v) is 1.70. The second-order valence-corrected chi connectivity index (χ2v) is 4.78. The van der Waals surface area contributed by atoms with Gasteiger partial charge < -0.3 is 15.5 Å². The Hall–Kier alpha value is -0.980. The molecule has 1 aromatic carbocycles. The summed E-state index contributed by atoms with van der Waals surface area (Å²) in [7, 11) is 0. The van der Waals surface area contributed by atoms with Gasteiger partial charge in [-0.1, -0.05) is 6.07 Å². The molecule has 4 nitrogen and oxygen atoms in total. The van der Waals surface area contributed by atoms with E-state index in [-0.39, 0.29) is 5.56 Å². The van der Waals surface area contributed by atoms with Crippen molar-refractivity contribution in [2.24, 2.45) is 0 Å². The molecule has 1 rings (SSSR count). The number of amides is 1. The van der Waals surface area contributed by atoms with Gasteiger partial charge in [0.2, 0.25) is 0 Å². The molecule has 0 saturated heterocycles. The third kappa shape index (κ3) is 3.24. The van der Waals surface area contributed by atoms with E-state index in [1.807, 2.05) is 0 Å². The molecular formula is C11H13BrFNO3. The van der Waals surface area contributed by atoms with Gasteiger partial charge in [0.05, 0.1) is 24.3 Å². The SMILES string of the molecule is CC(CO)(CO)NC(=O)c1c(F)cccc1Br. The number of carbonyl (C=O) groups excluding carboxylic acids is 1. The molecule has 1 amide bonds. The van der Waals surface area contributed by atoms with Crippen LogP contribution in [0.1, 0.15) is 17.3 Å². The molecule has 0 aliphatic rings. The number of carbonyl (C=O) groups is 1. The lowest BCUT2D eigenvalue weighted by Gasteiger charge is -2.26. The Bertz CT molecular complexity index is 401. The van der Waals surface area contributed by atoms with Crippen molar-refractivity contribution in [2.45, 2.75) is 12.5 Å². The predicted octanol–water partition coefficient (Wildman–Crippen LogP) is 1.06. The van der Waals surface area contributed by atoms with E-state index in [1.54, 1.807) is 0 Å². The van der Waals surface area contributed by atoms with Crippen LogP contribution in [0, 0.1) is 5.82 Å². The van der Waals surface area contributed by atoms with E-state index in [4.69, 9.17) is 10.2 Å².